The van der Waals surface area contributed by atoms with Gasteiger partial charge in [0.2, 0.25) is 5.91 Å². The van der Waals surface area contributed by atoms with Crippen LogP contribution in [0.3, 0.4) is 0 Å². The number of nitrogens with one attached hydrogen (secondary N) is 2. The Labute approximate surface area is 141 Å². The van der Waals surface area contributed by atoms with Gasteiger partial charge in [-0.15, -0.1) is 0 Å². The molecule has 6 nitrogen and oxygen atoms in total. The number of nitrogens with zero attached hydrogens (tertiary/aromatic N) is 2. The monoisotopic (exact) mass is 334 g/mol. The van der Waals surface area contributed by atoms with Crippen LogP contribution in [0.15, 0.2) is 35.4 Å². The van der Waals surface area contributed by atoms with Crippen LogP contribution in [0, 0.1) is 0 Å². The first-order valence-electron chi connectivity index (χ1n) is 7.57. The largest absolute Gasteiger partial charge is 0.321 e. The molecule has 1 aromatic rings. The SMILES string of the molecule is CC1=NN(C(=O)CCCS)C(C)(NC(=O)Nc2ccccc2)C1. The van der Waals surface area contributed by atoms with Crippen LogP contribution in [0.5, 0.6) is 0 Å². The van der Waals surface area contributed by atoms with E-state index in [9.17, 15) is 9.59 Å². The molecule has 1 unspecified atom stereocenters. The average Bonchev–Trinajstić information content (AvgIpc) is 2.80. The van der Waals surface area contributed by atoms with Crippen LogP contribution in [0.25, 0.3) is 0 Å². The lowest BCUT2D eigenvalue weighted by atomic mass is 10.1. The number of carbonyl (C=O) groups excluding carboxylic acids is 2. The predicted molar refractivity (Wildman–Crippen MR) is 94.7 cm³/mol. The maximum Gasteiger partial charge on any atom is 0.321 e. The molecule has 0 aliphatic carbocycles. The van der Waals surface area contributed by atoms with Gasteiger partial charge in [0.25, 0.3) is 0 Å². The minimum Gasteiger partial charge on any atom is -0.313 e. The van der Waals surface area contributed by atoms with Gasteiger partial charge in [-0.05, 0) is 38.2 Å². The molecular formula is C16H22N4O2S. The van der Waals surface area contributed by atoms with Crippen molar-refractivity contribution < 1.29 is 9.59 Å². The fourth-order valence-electron chi connectivity index (χ4n) is 2.58. The molecule has 0 saturated heterocycles. The number of para-hydroxylation sites is 1. The number of hydrogen-bond acceptors (Lipinski definition) is 4. The van der Waals surface area contributed by atoms with Crippen molar-refractivity contribution in [2.45, 2.75) is 38.8 Å². The number of amides is 3. The Kier molecular flexibility index (Phi) is 5.65. The molecule has 23 heavy (non-hydrogen) atoms. The van der Waals surface area contributed by atoms with Gasteiger partial charge in [-0.3, -0.25) is 4.79 Å². The molecule has 1 heterocycles. The van der Waals surface area contributed by atoms with Crippen molar-refractivity contribution in [1.29, 1.82) is 0 Å². The van der Waals surface area contributed by atoms with Gasteiger partial charge < -0.3 is 10.6 Å². The Morgan fingerprint density at radius 3 is 2.70 bits per heavy atom. The zero-order chi connectivity index (χ0) is 16.9. The number of benzene rings is 1. The summed E-state index contributed by atoms with van der Waals surface area (Å²) in [7, 11) is 0. The lowest BCUT2D eigenvalue weighted by Gasteiger charge is -2.33. The van der Waals surface area contributed by atoms with Crippen LogP contribution in [-0.4, -0.2) is 34.1 Å². The van der Waals surface area contributed by atoms with E-state index in [2.05, 4.69) is 28.4 Å². The van der Waals surface area contributed by atoms with E-state index in [4.69, 9.17) is 0 Å². The highest BCUT2D eigenvalue weighted by Crippen LogP contribution is 2.26. The summed E-state index contributed by atoms with van der Waals surface area (Å²) in [6, 6.07) is 8.79. The summed E-state index contributed by atoms with van der Waals surface area (Å²) in [4.78, 5) is 24.6. The molecule has 0 bridgehead atoms. The van der Waals surface area contributed by atoms with Crippen LogP contribution in [0.1, 0.15) is 33.1 Å². The summed E-state index contributed by atoms with van der Waals surface area (Å²) >= 11 is 4.12. The van der Waals surface area contributed by atoms with E-state index in [0.29, 0.717) is 30.7 Å². The lowest BCUT2D eigenvalue weighted by Crippen LogP contribution is -2.57. The van der Waals surface area contributed by atoms with Gasteiger partial charge in [0.05, 0.1) is 0 Å². The summed E-state index contributed by atoms with van der Waals surface area (Å²) in [5.41, 5.74) is 0.653. The van der Waals surface area contributed by atoms with Gasteiger partial charge in [0, 0.05) is 24.2 Å². The van der Waals surface area contributed by atoms with Crippen molar-refractivity contribution in [3.63, 3.8) is 0 Å². The van der Waals surface area contributed by atoms with E-state index < -0.39 is 5.66 Å². The number of thiol groups is 1. The Morgan fingerprint density at radius 1 is 1.35 bits per heavy atom. The first-order chi connectivity index (χ1) is 10.9. The Morgan fingerprint density at radius 2 is 2.04 bits per heavy atom. The van der Waals surface area contributed by atoms with Crippen molar-refractivity contribution >= 4 is 36.0 Å². The van der Waals surface area contributed by atoms with Crippen LogP contribution in [0.2, 0.25) is 0 Å². The molecule has 1 aliphatic rings. The first-order valence-corrected chi connectivity index (χ1v) is 8.20. The molecular weight excluding hydrogens is 312 g/mol. The maximum atomic E-state index is 12.3. The number of urea groups is 1. The van der Waals surface area contributed by atoms with E-state index in [1.165, 1.54) is 5.01 Å². The van der Waals surface area contributed by atoms with Gasteiger partial charge >= 0.3 is 6.03 Å². The number of rotatable bonds is 5. The van der Waals surface area contributed by atoms with Gasteiger partial charge in [-0.2, -0.15) is 17.7 Å². The van der Waals surface area contributed by atoms with Gasteiger partial charge in [0.1, 0.15) is 5.66 Å². The molecule has 124 valence electrons. The third-order valence-electron chi connectivity index (χ3n) is 3.54. The molecule has 0 spiro atoms. The van der Waals surface area contributed by atoms with E-state index in [1.54, 1.807) is 19.1 Å². The minimum absolute atomic E-state index is 0.113. The summed E-state index contributed by atoms with van der Waals surface area (Å²) in [5, 5.41) is 11.3. The quantitative estimate of drug-likeness (QED) is 0.724. The summed E-state index contributed by atoms with van der Waals surface area (Å²) in [6.07, 6.45) is 1.54. The molecule has 0 fully saturated rings. The minimum atomic E-state index is -0.851. The van der Waals surface area contributed by atoms with E-state index in [0.717, 1.165) is 5.71 Å². The summed E-state index contributed by atoms with van der Waals surface area (Å²) in [5.74, 6) is 0.527. The normalized spacial score (nSPS) is 20.1. The van der Waals surface area contributed by atoms with Crippen molar-refractivity contribution in [2.24, 2.45) is 5.10 Å². The average molecular weight is 334 g/mol. The molecule has 0 saturated carbocycles. The van der Waals surface area contributed by atoms with Crippen LogP contribution in [0.4, 0.5) is 10.5 Å². The van der Waals surface area contributed by atoms with Crippen LogP contribution >= 0.6 is 12.6 Å². The topological polar surface area (TPSA) is 73.8 Å². The molecule has 2 rings (SSSR count). The zero-order valence-corrected chi connectivity index (χ0v) is 14.3. The van der Waals surface area contributed by atoms with Crippen molar-refractivity contribution in [1.82, 2.24) is 10.3 Å². The fraction of sp³-hybridized carbons (Fsp3) is 0.438. The number of hydrazone groups is 1. The highest BCUT2D eigenvalue weighted by molar-refractivity contribution is 7.80. The van der Waals surface area contributed by atoms with Crippen molar-refractivity contribution in [2.75, 3.05) is 11.1 Å². The van der Waals surface area contributed by atoms with Crippen molar-refractivity contribution in [3.8, 4) is 0 Å². The second kappa shape index (κ2) is 7.50. The predicted octanol–water partition coefficient (Wildman–Crippen LogP) is 2.84. The van der Waals surface area contributed by atoms with E-state index in [-0.39, 0.29) is 11.9 Å². The molecule has 1 atom stereocenters. The lowest BCUT2D eigenvalue weighted by molar-refractivity contribution is -0.136. The summed E-state index contributed by atoms with van der Waals surface area (Å²) in [6.45, 7) is 3.65. The molecule has 3 amide bonds. The van der Waals surface area contributed by atoms with Crippen molar-refractivity contribution in [3.05, 3.63) is 30.3 Å². The first kappa shape index (κ1) is 17.3. The van der Waals surface area contributed by atoms with E-state index in [1.807, 2.05) is 25.1 Å². The standard InChI is InChI=1S/C16H22N4O2S/c1-12-11-16(2,20(19-12)14(21)9-6-10-23)18-15(22)17-13-7-4-3-5-8-13/h3-5,7-8,23H,6,9-11H2,1-2H3,(H2,17,18,22). The number of hydrogen-bond donors (Lipinski definition) is 3. The van der Waals surface area contributed by atoms with E-state index >= 15 is 0 Å². The highest BCUT2D eigenvalue weighted by atomic mass is 32.1. The molecule has 2 N–H and O–H groups in total. The third kappa shape index (κ3) is 4.48. The van der Waals surface area contributed by atoms with Gasteiger partial charge in [-0.1, -0.05) is 18.2 Å². The van der Waals surface area contributed by atoms with Crippen LogP contribution in [-0.2, 0) is 4.79 Å². The third-order valence-corrected chi connectivity index (χ3v) is 3.85. The Balaban J connectivity index is 2.03. The van der Waals surface area contributed by atoms with Gasteiger partial charge in [0.15, 0.2) is 0 Å². The molecule has 1 aromatic carbocycles. The van der Waals surface area contributed by atoms with Crippen LogP contribution < -0.4 is 10.6 Å². The highest BCUT2D eigenvalue weighted by Gasteiger charge is 2.41. The summed E-state index contributed by atoms with van der Waals surface area (Å²) < 4.78 is 0. The second-order valence-corrected chi connectivity index (χ2v) is 6.21. The maximum absolute atomic E-state index is 12.3. The molecule has 0 aromatic heterocycles. The van der Waals surface area contributed by atoms with Gasteiger partial charge in [-0.25, -0.2) is 9.80 Å². The molecule has 0 radical (unpaired) electrons. The zero-order valence-electron chi connectivity index (χ0n) is 13.4. The Bertz CT molecular complexity index is 605. The smallest absolute Gasteiger partial charge is 0.313 e. The second-order valence-electron chi connectivity index (χ2n) is 5.76. The number of carbonyl (C=O) groups is 2. The Hall–Kier alpha value is -2.02. The molecule has 7 heteroatoms. The fourth-order valence-corrected chi connectivity index (χ4v) is 2.74. The number of anilines is 1. The molecule has 1 aliphatic heterocycles.